The third kappa shape index (κ3) is 4.50. The molecule has 0 amide bonds. The zero-order valence-electron chi connectivity index (χ0n) is 28.7. The van der Waals surface area contributed by atoms with Gasteiger partial charge >= 0.3 is 0 Å². The predicted octanol–water partition coefficient (Wildman–Crippen LogP) is 13.4. The average molecular weight is 653 g/mol. The van der Waals surface area contributed by atoms with Crippen molar-refractivity contribution in [1.29, 1.82) is 0 Å². The smallest absolute Gasteiger partial charge is 0.0562 e. The van der Waals surface area contributed by atoms with E-state index in [1.807, 2.05) is 0 Å². The van der Waals surface area contributed by atoms with Crippen molar-refractivity contribution in [2.75, 3.05) is 4.90 Å². The fraction of sp³-hybridized carbons (Fsp3) is 0.0612. The highest BCUT2D eigenvalue weighted by atomic mass is 15.1. The minimum atomic E-state index is -0.0913. The Hall–Kier alpha value is -6.38. The second kappa shape index (κ2) is 11.3. The summed E-state index contributed by atoms with van der Waals surface area (Å²) in [5, 5.41) is 5.02. The molecule has 10 rings (SSSR count). The first-order chi connectivity index (χ1) is 25.1. The Kier molecular flexibility index (Phi) is 6.56. The second-order valence-electron chi connectivity index (χ2n) is 14.2. The maximum atomic E-state index is 2.44. The summed E-state index contributed by atoms with van der Waals surface area (Å²) >= 11 is 0. The van der Waals surface area contributed by atoms with Crippen molar-refractivity contribution in [2.24, 2.45) is 0 Å². The van der Waals surface area contributed by atoms with Crippen LogP contribution in [0.25, 0.3) is 60.5 Å². The van der Waals surface area contributed by atoms with E-state index in [4.69, 9.17) is 0 Å². The molecule has 0 aliphatic heterocycles. The van der Waals surface area contributed by atoms with Gasteiger partial charge in [0.25, 0.3) is 0 Å². The molecule has 1 aliphatic carbocycles. The first-order valence-corrected chi connectivity index (χ1v) is 17.8. The van der Waals surface area contributed by atoms with Gasteiger partial charge in [-0.1, -0.05) is 141 Å². The van der Waals surface area contributed by atoms with E-state index in [1.54, 1.807) is 0 Å². The van der Waals surface area contributed by atoms with E-state index >= 15 is 0 Å². The van der Waals surface area contributed by atoms with Crippen molar-refractivity contribution in [2.45, 2.75) is 19.3 Å². The monoisotopic (exact) mass is 652 g/mol. The molecule has 0 radical (unpaired) electrons. The van der Waals surface area contributed by atoms with E-state index in [9.17, 15) is 0 Å². The van der Waals surface area contributed by atoms with Gasteiger partial charge < -0.3 is 9.47 Å². The van der Waals surface area contributed by atoms with Gasteiger partial charge in [0.05, 0.1) is 11.0 Å². The van der Waals surface area contributed by atoms with Gasteiger partial charge in [0.1, 0.15) is 0 Å². The molecular weight excluding hydrogens is 617 g/mol. The molecule has 2 nitrogen and oxygen atoms in total. The highest BCUT2D eigenvalue weighted by molar-refractivity contribution is 6.18. The standard InChI is InChI=1S/C49H36N2/c1-49(2)44-25-12-11-22-40(44)41-29-27-36(31-45(41)49)50(34-17-5-3-6-18-34)37-28-30-43-47(32-37)51(35-19-7-4-8-20-35)46-26-14-24-42(48(43)46)39-23-13-16-33-15-9-10-21-38(33)39/h3-32H,1-2H3. The number of benzene rings is 8. The number of rotatable bonds is 5. The molecule has 1 heterocycles. The summed E-state index contributed by atoms with van der Waals surface area (Å²) in [6, 6.07) is 66.6. The van der Waals surface area contributed by atoms with Crippen LogP contribution in [0.4, 0.5) is 17.1 Å². The molecule has 8 aromatic carbocycles. The van der Waals surface area contributed by atoms with Crippen molar-refractivity contribution in [1.82, 2.24) is 4.57 Å². The molecule has 0 atom stereocenters. The molecule has 1 aromatic heterocycles. The average Bonchev–Trinajstić information content (AvgIpc) is 3.63. The van der Waals surface area contributed by atoms with Crippen molar-refractivity contribution in [3.05, 3.63) is 193 Å². The van der Waals surface area contributed by atoms with E-state index in [-0.39, 0.29) is 5.41 Å². The maximum absolute atomic E-state index is 2.44. The predicted molar refractivity (Wildman–Crippen MR) is 216 cm³/mol. The van der Waals surface area contributed by atoms with Crippen LogP contribution in [0.5, 0.6) is 0 Å². The highest BCUT2D eigenvalue weighted by Crippen LogP contribution is 2.51. The summed E-state index contributed by atoms with van der Waals surface area (Å²) in [5.74, 6) is 0. The lowest BCUT2D eigenvalue weighted by Gasteiger charge is -2.28. The molecule has 0 spiro atoms. The van der Waals surface area contributed by atoms with E-state index < -0.39 is 0 Å². The van der Waals surface area contributed by atoms with Gasteiger partial charge in [-0.05, 0) is 98.8 Å². The molecule has 0 N–H and O–H groups in total. The Morgan fingerprint density at radius 2 is 1.04 bits per heavy atom. The van der Waals surface area contributed by atoms with Crippen LogP contribution in [0, 0.1) is 0 Å². The molecule has 242 valence electrons. The van der Waals surface area contributed by atoms with Crippen molar-refractivity contribution >= 4 is 49.6 Å². The minimum absolute atomic E-state index is 0.0913. The maximum Gasteiger partial charge on any atom is 0.0562 e. The fourth-order valence-electron chi connectivity index (χ4n) is 8.59. The Labute approximate surface area is 298 Å². The topological polar surface area (TPSA) is 8.17 Å². The molecule has 0 fully saturated rings. The Balaban J connectivity index is 1.23. The van der Waals surface area contributed by atoms with Crippen LogP contribution in [-0.2, 0) is 5.41 Å². The molecule has 0 bridgehead atoms. The summed E-state index contributed by atoms with van der Waals surface area (Å²) in [6.45, 7) is 4.71. The summed E-state index contributed by atoms with van der Waals surface area (Å²) in [5.41, 5.74) is 14.7. The Bertz CT molecular complexity index is 2770. The SMILES string of the molecule is CC1(C)c2ccccc2-c2ccc(N(c3ccccc3)c3ccc4c5c(-c6cccc7ccccc67)cccc5n(-c5ccccc5)c4c3)cc21. The third-order valence-corrected chi connectivity index (χ3v) is 11.0. The van der Waals surface area contributed by atoms with Gasteiger partial charge in [0.15, 0.2) is 0 Å². The van der Waals surface area contributed by atoms with E-state index in [2.05, 4.69) is 205 Å². The zero-order chi connectivity index (χ0) is 34.1. The highest BCUT2D eigenvalue weighted by Gasteiger charge is 2.35. The first kappa shape index (κ1) is 29.5. The van der Waals surface area contributed by atoms with Gasteiger partial charge in [-0.3, -0.25) is 0 Å². The van der Waals surface area contributed by atoms with Gasteiger partial charge in [-0.15, -0.1) is 0 Å². The summed E-state index contributed by atoms with van der Waals surface area (Å²) < 4.78 is 2.44. The number of hydrogen-bond acceptors (Lipinski definition) is 1. The molecule has 0 saturated heterocycles. The lowest BCUT2D eigenvalue weighted by Crippen LogP contribution is -2.16. The largest absolute Gasteiger partial charge is 0.310 e. The second-order valence-corrected chi connectivity index (χ2v) is 14.2. The van der Waals surface area contributed by atoms with Crippen LogP contribution in [-0.4, -0.2) is 4.57 Å². The summed E-state index contributed by atoms with van der Waals surface area (Å²) in [4.78, 5) is 2.41. The molecule has 1 aliphatic rings. The van der Waals surface area contributed by atoms with Gasteiger partial charge in [0, 0.05) is 38.9 Å². The number of fused-ring (bicyclic) bond motifs is 7. The van der Waals surface area contributed by atoms with E-state index in [0.29, 0.717) is 0 Å². The van der Waals surface area contributed by atoms with Crippen molar-refractivity contribution < 1.29 is 0 Å². The molecule has 0 saturated carbocycles. The number of aromatic nitrogens is 1. The zero-order valence-corrected chi connectivity index (χ0v) is 28.7. The van der Waals surface area contributed by atoms with Gasteiger partial charge in [-0.2, -0.15) is 0 Å². The van der Waals surface area contributed by atoms with Gasteiger partial charge in [0.2, 0.25) is 0 Å². The number of para-hydroxylation sites is 2. The molecule has 2 heteroatoms. The molecule has 51 heavy (non-hydrogen) atoms. The first-order valence-electron chi connectivity index (χ1n) is 17.8. The number of hydrogen-bond donors (Lipinski definition) is 0. The van der Waals surface area contributed by atoms with Crippen molar-refractivity contribution in [3.8, 4) is 27.9 Å². The van der Waals surface area contributed by atoms with E-state index in [1.165, 1.54) is 66.0 Å². The van der Waals surface area contributed by atoms with Crippen LogP contribution in [0.15, 0.2) is 182 Å². The fourth-order valence-corrected chi connectivity index (χ4v) is 8.59. The lowest BCUT2D eigenvalue weighted by atomic mass is 9.82. The number of nitrogens with zero attached hydrogens (tertiary/aromatic N) is 2. The minimum Gasteiger partial charge on any atom is -0.310 e. The van der Waals surface area contributed by atoms with Gasteiger partial charge in [-0.25, -0.2) is 0 Å². The summed E-state index contributed by atoms with van der Waals surface area (Å²) in [7, 11) is 0. The lowest BCUT2D eigenvalue weighted by molar-refractivity contribution is 0.660. The molecular formula is C49H36N2. The van der Waals surface area contributed by atoms with Crippen LogP contribution >= 0.6 is 0 Å². The van der Waals surface area contributed by atoms with Crippen LogP contribution < -0.4 is 4.90 Å². The Morgan fingerprint density at radius 3 is 1.90 bits per heavy atom. The van der Waals surface area contributed by atoms with E-state index in [0.717, 1.165) is 22.7 Å². The normalized spacial score (nSPS) is 13.1. The third-order valence-electron chi connectivity index (χ3n) is 11.0. The quantitative estimate of drug-likeness (QED) is 0.180. The van der Waals surface area contributed by atoms with Crippen LogP contribution in [0.1, 0.15) is 25.0 Å². The van der Waals surface area contributed by atoms with Crippen molar-refractivity contribution in [3.63, 3.8) is 0 Å². The Morgan fingerprint density at radius 1 is 0.412 bits per heavy atom. The summed E-state index contributed by atoms with van der Waals surface area (Å²) in [6.07, 6.45) is 0. The number of anilines is 3. The molecule has 9 aromatic rings. The van der Waals surface area contributed by atoms with Crippen LogP contribution in [0.2, 0.25) is 0 Å². The van der Waals surface area contributed by atoms with Crippen LogP contribution in [0.3, 0.4) is 0 Å². The molecule has 0 unspecified atom stereocenters.